The van der Waals surface area contributed by atoms with Crippen molar-refractivity contribution in [1.82, 2.24) is 5.32 Å². The van der Waals surface area contributed by atoms with E-state index in [-0.39, 0.29) is 24.3 Å². The number of benzene rings is 3. The van der Waals surface area contributed by atoms with Crippen LogP contribution in [0, 0.1) is 0 Å². The number of unbranched alkanes of at least 4 members (excludes halogenated alkanes) is 3. The Morgan fingerprint density at radius 2 is 1.49 bits per heavy atom. The third-order valence-corrected chi connectivity index (χ3v) is 6.74. The van der Waals surface area contributed by atoms with Crippen LogP contribution in [0.2, 0.25) is 0 Å². The molecule has 1 atom stereocenters. The monoisotopic (exact) mass is 531 g/mol. The van der Waals surface area contributed by atoms with Crippen molar-refractivity contribution in [3.8, 4) is 11.5 Å². The highest BCUT2D eigenvalue weighted by molar-refractivity contribution is 5.76. The lowest BCUT2D eigenvalue weighted by Crippen LogP contribution is -2.36. The van der Waals surface area contributed by atoms with Crippen LogP contribution in [0.4, 0.5) is 0 Å². The van der Waals surface area contributed by atoms with E-state index in [2.05, 4.69) is 11.4 Å². The number of methoxy groups -OCH3 is 2. The fourth-order valence-electron chi connectivity index (χ4n) is 4.53. The number of carbonyl (C=O) groups excluding carboxylic acids is 2. The van der Waals surface area contributed by atoms with Crippen LogP contribution < -0.4 is 14.8 Å². The number of ether oxygens (including phenoxy) is 3. The highest BCUT2D eigenvalue weighted by Gasteiger charge is 2.15. The van der Waals surface area contributed by atoms with Crippen molar-refractivity contribution in [3.63, 3.8) is 0 Å². The Morgan fingerprint density at radius 3 is 2.23 bits per heavy atom. The van der Waals surface area contributed by atoms with Gasteiger partial charge in [0.15, 0.2) is 0 Å². The van der Waals surface area contributed by atoms with Crippen molar-refractivity contribution in [2.75, 3.05) is 14.2 Å². The summed E-state index contributed by atoms with van der Waals surface area (Å²) < 4.78 is 16.1. The summed E-state index contributed by atoms with van der Waals surface area (Å²) in [6, 6.07) is 25.9. The van der Waals surface area contributed by atoms with Gasteiger partial charge in [-0.05, 0) is 67.0 Å². The van der Waals surface area contributed by atoms with E-state index < -0.39 is 0 Å². The summed E-state index contributed by atoms with van der Waals surface area (Å²) in [4.78, 5) is 24.4. The van der Waals surface area contributed by atoms with E-state index in [0.717, 1.165) is 54.7 Å². The quantitative estimate of drug-likeness (QED) is 0.160. The number of amides is 1. The Kier molecular flexibility index (Phi) is 12.9. The molecule has 0 heterocycles. The Labute approximate surface area is 232 Å². The molecule has 3 aromatic rings. The average molecular weight is 532 g/mol. The second-order valence-electron chi connectivity index (χ2n) is 9.73. The molecule has 39 heavy (non-hydrogen) atoms. The van der Waals surface area contributed by atoms with Gasteiger partial charge in [0.2, 0.25) is 5.91 Å². The smallest absolute Gasteiger partial charge is 0.305 e. The fraction of sp³-hybridized carbons (Fsp3) is 0.394. The van der Waals surface area contributed by atoms with Crippen LogP contribution in [-0.4, -0.2) is 32.1 Å². The van der Waals surface area contributed by atoms with Crippen LogP contribution in [-0.2, 0) is 33.8 Å². The summed E-state index contributed by atoms with van der Waals surface area (Å²) in [6.07, 6.45) is 6.86. The molecule has 0 aliphatic heterocycles. The van der Waals surface area contributed by atoms with E-state index in [1.54, 1.807) is 7.11 Å². The Hall–Kier alpha value is -3.80. The van der Waals surface area contributed by atoms with Gasteiger partial charge in [0.05, 0.1) is 14.2 Å². The molecule has 0 bridgehead atoms. The number of para-hydroxylation sites is 1. The number of hydrogen-bond acceptors (Lipinski definition) is 5. The average Bonchev–Trinajstić information content (AvgIpc) is 2.97. The normalized spacial score (nSPS) is 11.4. The summed E-state index contributed by atoms with van der Waals surface area (Å²) >= 11 is 0. The third-order valence-electron chi connectivity index (χ3n) is 6.74. The van der Waals surface area contributed by atoms with Gasteiger partial charge in [0.25, 0.3) is 0 Å². The molecular formula is C33H41NO5. The van der Waals surface area contributed by atoms with Crippen LogP contribution in [0.1, 0.15) is 61.6 Å². The molecule has 6 heteroatoms. The van der Waals surface area contributed by atoms with Crippen molar-refractivity contribution in [2.45, 2.75) is 70.4 Å². The molecule has 3 aromatic carbocycles. The molecule has 0 saturated heterocycles. The molecule has 0 aromatic heterocycles. The highest BCUT2D eigenvalue weighted by atomic mass is 16.5. The largest absolute Gasteiger partial charge is 0.496 e. The molecule has 0 aliphatic carbocycles. The zero-order valence-corrected chi connectivity index (χ0v) is 23.2. The van der Waals surface area contributed by atoms with E-state index in [1.807, 2.05) is 72.8 Å². The molecule has 3 rings (SSSR count). The van der Waals surface area contributed by atoms with Crippen molar-refractivity contribution in [1.29, 1.82) is 0 Å². The van der Waals surface area contributed by atoms with Gasteiger partial charge in [-0.15, -0.1) is 0 Å². The molecule has 0 spiro atoms. The second-order valence-corrected chi connectivity index (χ2v) is 9.73. The Bertz CT molecular complexity index is 1130. The molecule has 208 valence electrons. The summed E-state index contributed by atoms with van der Waals surface area (Å²) in [5, 5.41) is 3.14. The lowest BCUT2D eigenvalue weighted by Gasteiger charge is -2.19. The van der Waals surface area contributed by atoms with Crippen molar-refractivity contribution >= 4 is 11.9 Å². The number of hydrogen-bond donors (Lipinski definition) is 1. The molecule has 0 radical (unpaired) electrons. The maximum atomic E-state index is 12.7. The van der Waals surface area contributed by atoms with E-state index in [9.17, 15) is 9.59 Å². The lowest BCUT2D eigenvalue weighted by molar-refractivity contribution is -0.141. The maximum absolute atomic E-state index is 12.7. The topological polar surface area (TPSA) is 73.9 Å². The molecule has 0 fully saturated rings. The third kappa shape index (κ3) is 11.2. The van der Waals surface area contributed by atoms with E-state index in [4.69, 9.17) is 14.2 Å². The lowest BCUT2D eigenvalue weighted by atomic mass is 10.0. The van der Waals surface area contributed by atoms with Gasteiger partial charge >= 0.3 is 5.97 Å². The fourth-order valence-corrected chi connectivity index (χ4v) is 4.53. The Morgan fingerprint density at radius 1 is 0.769 bits per heavy atom. The zero-order valence-electron chi connectivity index (χ0n) is 23.2. The SMILES string of the molecule is COC(=O)CCC(Cc1ccc(OCc2ccccc2)cc1)NC(=O)CCCCCCc1ccccc1OC. The predicted octanol–water partition coefficient (Wildman–Crippen LogP) is 6.45. The van der Waals surface area contributed by atoms with E-state index in [1.165, 1.54) is 12.7 Å². The van der Waals surface area contributed by atoms with Crippen LogP contribution in [0.3, 0.4) is 0 Å². The molecule has 1 amide bonds. The van der Waals surface area contributed by atoms with Gasteiger partial charge in [-0.3, -0.25) is 9.59 Å². The van der Waals surface area contributed by atoms with Crippen molar-refractivity contribution < 1.29 is 23.8 Å². The first-order chi connectivity index (χ1) is 19.1. The minimum absolute atomic E-state index is 0.0254. The predicted molar refractivity (Wildman–Crippen MR) is 154 cm³/mol. The molecule has 1 unspecified atom stereocenters. The summed E-state index contributed by atoms with van der Waals surface area (Å²) in [7, 11) is 3.09. The van der Waals surface area contributed by atoms with Crippen LogP contribution in [0.25, 0.3) is 0 Å². The van der Waals surface area contributed by atoms with Gasteiger partial charge in [-0.2, -0.15) is 0 Å². The number of esters is 1. The molecule has 1 N–H and O–H groups in total. The first-order valence-electron chi connectivity index (χ1n) is 13.8. The van der Waals surface area contributed by atoms with Crippen LogP contribution >= 0.6 is 0 Å². The summed E-state index contributed by atoms with van der Waals surface area (Å²) in [5.41, 5.74) is 3.42. The van der Waals surface area contributed by atoms with Crippen LogP contribution in [0.15, 0.2) is 78.9 Å². The van der Waals surface area contributed by atoms with Gasteiger partial charge in [-0.25, -0.2) is 0 Å². The van der Waals surface area contributed by atoms with Gasteiger partial charge < -0.3 is 19.5 Å². The van der Waals surface area contributed by atoms with Gasteiger partial charge in [0.1, 0.15) is 18.1 Å². The minimum Gasteiger partial charge on any atom is -0.496 e. The summed E-state index contributed by atoms with van der Waals surface area (Å²) in [6.45, 7) is 0.512. The number of carbonyl (C=O) groups is 2. The molecule has 0 saturated carbocycles. The standard InChI is InChI=1S/C33H41NO5/c1-37-31-16-11-10-15-28(31)14-8-3-4-9-17-32(35)34-29(20-23-33(36)38-2)24-26-18-21-30(22-19-26)39-25-27-12-6-5-7-13-27/h5-7,10-13,15-16,18-19,21-22,29H,3-4,8-9,14,17,20,23-25H2,1-2H3,(H,34,35). The van der Waals surface area contributed by atoms with Gasteiger partial charge in [0, 0.05) is 18.9 Å². The molecular weight excluding hydrogens is 490 g/mol. The highest BCUT2D eigenvalue weighted by Crippen LogP contribution is 2.20. The zero-order chi connectivity index (χ0) is 27.7. The first kappa shape index (κ1) is 29.8. The molecule has 6 nitrogen and oxygen atoms in total. The minimum atomic E-state index is -0.269. The Balaban J connectivity index is 1.42. The van der Waals surface area contributed by atoms with Crippen molar-refractivity contribution in [2.24, 2.45) is 0 Å². The van der Waals surface area contributed by atoms with Crippen LogP contribution in [0.5, 0.6) is 11.5 Å². The van der Waals surface area contributed by atoms with E-state index >= 15 is 0 Å². The number of nitrogens with one attached hydrogen (secondary N) is 1. The maximum Gasteiger partial charge on any atom is 0.305 e. The number of rotatable bonds is 17. The number of aryl methyl sites for hydroxylation is 1. The summed E-state index contributed by atoms with van der Waals surface area (Å²) in [5.74, 6) is 1.49. The molecule has 0 aliphatic rings. The van der Waals surface area contributed by atoms with E-state index in [0.29, 0.717) is 25.9 Å². The van der Waals surface area contributed by atoms with Crippen molar-refractivity contribution in [3.05, 3.63) is 95.6 Å². The van der Waals surface area contributed by atoms with Gasteiger partial charge in [-0.1, -0.05) is 73.5 Å². The second kappa shape index (κ2) is 16.9. The first-order valence-corrected chi connectivity index (χ1v) is 13.8.